The lowest BCUT2D eigenvalue weighted by Gasteiger charge is -2.34. The lowest BCUT2D eigenvalue weighted by atomic mass is 9.84. The van der Waals surface area contributed by atoms with E-state index in [1.165, 1.54) is 12.1 Å². The molecule has 1 aliphatic heterocycles. The van der Waals surface area contributed by atoms with Gasteiger partial charge in [-0.2, -0.15) is 0 Å². The molecule has 2 N–H and O–H groups in total. The summed E-state index contributed by atoms with van der Waals surface area (Å²) in [6.07, 6.45) is 6.17. The normalized spacial score (nSPS) is 19.5. The second-order valence-electron chi connectivity index (χ2n) is 8.93. The third-order valence-corrected chi connectivity index (χ3v) is 6.49. The quantitative estimate of drug-likeness (QED) is 0.328. The molecular formula is C23H37FIN5O. The number of halogens is 2. The fourth-order valence-corrected chi connectivity index (χ4v) is 4.72. The zero-order chi connectivity index (χ0) is 21.6. The summed E-state index contributed by atoms with van der Waals surface area (Å²) in [7, 11) is 5.47. The molecule has 8 heteroatoms. The third kappa shape index (κ3) is 7.03. The minimum absolute atomic E-state index is 0. The van der Waals surface area contributed by atoms with E-state index in [0.29, 0.717) is 12.6 Å². The SMILES string of the molecule is CN=C(NCC1(C(=O)N(C)C)CCCC1)NC1CCN(Cc2ccc(F)cc2)CC1.I. The molecule has 1 saturated carbocycles. The van der Waals surface area contributed by atoms with Gasteiger partial charge in [0.2, 0.25) is 5.91 Å². The standard InChI is InChI=1S/C23H36FN5O.HI/c1-25-22(26-17-23(12-4-5-13-23)21(30)28(2)3)27-20-10-14-29(15-11-20)16-18-6-8-19(24)9-7-18;/h6-9,20H,4-5,10-17H2,1-3H3,(H2,25,26,27);1H. The monoisotopic (exact) mass is 545 g/mol. The number of hydrogen-bond donors (Lipinski definition) is 2. The summed E-state index contributed by atoms with van der Waals surface area (Å²) in [6, 6.07) is 7.14. The van der Waals surface area contributed by atoms with Crippen molar-refractivity contribution in [2.45, 2.75) is 51.1 Å². The van der Waals surface area contributed by atoms with E-state index in [0.717, 1.165) is 69.7 Å². The molecule has 1 heterocycles. The number of amides is 1. The molecule has 0 aromatic heterocycles. The van der Waals surface area contributed by atoms with E-state index >= 15 is 0 Å². The Morgan fingerprint density at radius 1 is 1.19 bits per heavy atom. The number of carbonyl (C=O) groups is 1. The van der Waals surface area contributed by atoms with Gasteiger partial charge in [-0.3, -0.25) is 14.7 Å². The highest BCUT2D eigenvalue weighted by Crippen LogP contribution is 2.38. The summed E-state index contributed by atoms with van der Waals surface area (Å²) in [5.41, 5.74) is 0.840. The molecule has 3 rings (SSSR count). The Labute approximate surface area is 203 Å². The molecule has 1 aliphatic carbocycles. The first-order chi connectivity index (χ1) is 14.4. The summed E-state index contributed by atoms with van der Waals surface area (Å²) in [5.74, 6) is 0.814. The van der Waals surface area contributed by atoms with Crippen molar-refractivity contribution in [2.24, 2.45) is 10.4 Å². The Hall–Kier alpha value is -1.42. The first kappa shape index (κ1) is 25.8. The molecule has 0 radical (unpaired) electrons. The predicted molar refractivity (Wildman–Crippen MR) is 134 cm³/mol. The van der Waals surface area contributed by atoms with Crippen LogP contribution in [0.3, 0.4) is 0 Å². The van der Waals surface area contributed by atoms with Crippen LogP contribution in [0.25, 0.3) is 0 Å². The van der Waals surface area contributed by atoms with Crippen molar-refractivity contribution < 1.29 is 9.18 Å². The highest BCUT2D eigenvalue weighted by Gasteiger charge is 2.42. The minimum Gasteiger partial charge on any atom is -0.355 e. The maximum Gasteiger partial charge on any atom is 0.230 e. The van der Waals surface area contributed by atoms with Gasteiger partial charge in [0.15, 0.2) is 5.96 Å². The van der Waals surface area contributed by atoms with Gasteiger partial charge in [0.05, 0.1) is 5.41 Å². The summed E-state index contributed by atoms with van der Waals surface area (Å²) >= 11 is 0. The van der Waals surface area contributed by atoms with Gasteiger partial charge >= 0.3 is 0 Å². The highest BCUT2D eigenvalue weighted by atomic mass is 127. The second-order valence-corrected chi connectivity index (χ2v) is 8.93. The topological polar surface area (TPSA) is 60.0 Å². The Balaban J connectivity index is 0.00000341. The second kappa shape index (κ2) is 12.0. The number of likely N-dealkylation sites (tertiary alicyclic amines) is 1. The van der Waals surface area contributed by atoms with E-state index in [1.54, 1.807) is 11.9 Å². The van der Waals surface area contributed by atoms with Crippen LogP contribution >= 0.6 is 24.0 Å². The molecule has 174 valence electrons. The van der Waals surface area contributed by atoms with Gasteiger partial charge in [-0.15, -0.1) is 24.0 Å². The average Bonchev–Trinajstić information content (AvgIpc) is 3.23. The Morgan fingerprint density at radius 2 is 1.81 bits per heavy atom. The number of nitrogens with zero attached hydrogens (tertiary/aromatic N) is 3. The Kier molecular flexibility index (Phi) is 9.99. The van der Waals surface area contributed by atoms with Gasteiger partial charge in [0.1, 0.15) is 5.82 Å². The van der Waals surface area contributed by atoms with Gasteiger partial charge < -0.3 is 15.5 Å². The van der Waals surface area contributed by atoms with Crippen LogP contribution in [0.4, 0.5) is 4.39 Å². The molecule has 0 bridgehead atoms. The molecule has 1 saturated heterocycles. The van der Waals surface area contributed by atoms with Crippen molar-refractivity contribution in [1.29, 1.82) is 0 Å². The molecule has 1 aromatic rings. The van der Waals surface area contributed by atoms with Crippen LogP contribution in [-0.4, -0.2) is 68.5 Å². The number of rotatable bonds is 6. The highest BCUT2D eigenvalue weighted by molar-refractivity contribution is 14.0. The fraction of sp³-hybridized carbons (Fsp3) is 0.652. The van der Waals surface area contributed by atoms with E-state index in [4.69, 9.17) is 0 Å². The number of piperidine rings is 1. The molecule has 1 aromatic carbocycles. The molecule has 2 aliphatic rings. The molecule has 0 atom stereocenters. The lowest BCUT2D eigenvalue weighted by Crippen LogP contribution is -2.52. The van der Waals surface area contributed by atoms with Crippen molar-refractivity contribution in [3.63, 3.8) is 0 Å². The maximum absolute atomic E-state index is 13.1. The molecular weight excluding hydrogens is 508 g/mol. The van der Waals surface area contributed by atoms with Crippen LogP contribution in [0.1, 0.15) is 44.1 Å². The first-order valence-electron chi connectivity index (χ1n) is 11.1. The van der Waals surface area contributed by atoms with Gasteiger partial charge in [-0.1, -0.05) is 25.0 Å². The first-order valence-corrected chi connectivity index (χ1v) is 11.1. The largest absolute Gasteiger partial charge is 0.355 e. The van der Waals surface area contributed by atoms with Crippen LogP contribution < -0.4 is 10.6 Å². The van der Waals surface area contributed by atoms with Crippen LogP contribution in [-0.2, 0) is 11.3 Å². The minimum atomic E-state index is -0.306. The van der Waals surface area contributed by atoms with E-state index in [9.17, 15) is 9.18 Å². The number of aliphatic imine (C=N–C) groups is 1. The summed E-state index contributed by atoms with van der Waals surface area (Å²) < 4.78 is 13.1. The maximum atomic E-state index is 13.1. The lowest BCUT2D eigenvalue weighted by molar-refractivity contribution is -0.138. The van der Waals surface area contributed by atoms with Gasteiger partial charge in [-0.25, -0.2) is 4.39 Å². The predicted octanol–water partition coefficient (Wildman–Crippen LogP) is 3.22. The van der Waals surface area contributed by atoms with E-state index in [2.05, 4.69) is 20.5 Å². The summed E-state index contributed by atoms with van der Waals surface area (Å²) in [4.78, 5) is 21.3. The number of guanidine groups is 1. The zero-order valence-corrected chi connectivity index (χ0v) is 21.3. The Morgan fingerprint density at radius 3 is 2.35 bits per heavy atom. The number of hydrogen-bond acceptors (Lipinski definition) is 3. The van der Waals surface area contributed by atoms with Crippen molar-refractivity contribution >= 4 is 35.8 Å². The van der Waals surface area contributed by atoms with E-state index < -0.39 is 0 Å². The molecule has 6 nitrogen and oxygen atoms in total. The fourth-order valence-electron chi connectivity index (χ4n) is 4.72. The van der Waals surface area contributed by atoms with Crippen LogP contribution in [0, 0.1) is 11.2 Å². The van der Waals surface area contributed by atoms with Crippen molar-refractivity contribution in [3.8, 4) is 0 Å². The zero-order valence-electron chi connectivity index (χ0n) is 19.0. The molecule has 0 spiro atoms. The van der Waals surface area contributed by atoms with Crippen molar-refractivity contribution in [3.05, 3.63) is 35.6 Å². The van der Waals surface area contributed by atoms with Crippen LogP contribution in [0.2, 0.25) is 0 Å². The molecule has 31 heavy (non-hydrogen) atoms. The summed E-state index contributed by atoms with van der Waals surface area (Å²) in [5, 5.41) is 6.98. The van der Waals surface area contributed by atoms with Crippen LogP contribution in [0.15, 0.2) is 29.3 Å². The summed E-state index contributed by atoms with van der Waals surface area (Å²) in [6.45, 7) is 3.48. The molecule has 1 amide bonds. The number of carbonyl (C=O) groups excluding carboxylic acids is 1. The molecule has 2 fully saturated rings. The third-order valence-electron chi connectivity index (χ3n) is 6.49. The van der Waals surface area contributed by atoms with E-state index in [1.807, 2.05) is 26.2 Å². The van der Waals surface area contributed by atoms with E-state index in [-0.39, 0.29) is 41.1 Å². The van der Waals surface area contributed by atoms with Crippen molar-refractivity contribution in [2.75, 3.05) is 40.8 Å². The van der Waals surface area contributed by atoms with Crippen molar-refractivity contribution in [1.82, 2.24) is 20.4 Å². The number of nitrogens with one attached hydrogen (secondary N) is 2. The number of benzene rings is 1. The average molecular weight is 545 g/mol. The van der Waals surface area contributed by atoms with Gasteiger partial charge in [-0.05, 0) is 43.4 Å². The smallest absolute Gasteiger partial charge is 0.230 e. The van der Waals surface area contributed by atoms with Crippen LogP contribution in [0.5, 0.6) is 0 Å². The van der Waals surface area contributed by atoms with Gasteiger partial charge in [0, 0.05) is 53.4 Å². The Bertz CT molecular complexity index is 726. The molecule has 0 unspecified atom stereocenters. The van der Waals surface area contributed by atoms with Gasteiger partial charge in [0.25, 0.3) is 0 Å².